The monoisotopic (exact) mass is 208 g/mol. The number of rotatable bonds is 3. The van der Waals surface area contributed by atoms with Crippen LogP contribution < -0.4 is 5.43 Å². The molecule has 1 fully saturated rings. The summed E-state index contributed by atoms with van der Waals surface area (Å²) in [4.78, 5) is 7.12. The van der Waals surface area contributed by atoms with Crippen molar-refractivity contribution in [2.75, 3.05) is 0 Å². The van der Waals surface area contributed by atoms with Crippen molar-refractivity contribution in [2.45, 2.75) is 51.7 Å². The third kappa shape index (κ3) is 2.58. The van der Waals surface area contributed by atoms with Crippen LogP contribution in [0.5, 0.6) is 0 Å². The van der Waals surface area contributed by atoms with Crippen LogP contribution in [0.3, 0.4) is 0 Å². The van der Waals surface area contributed by atoms with Crippen LogP contribution in [0.1, 0.15) is 38.8 Å². The average Bonchev–Trinajstić information content (AvgIpc) is 2.70. The molecular formula is C11H20N4. The molecule has 2 heterocycles. The van der Waals surface area contributed by atoms with Gasteiger partial charge in [0.2, 0.25) is 0 Å². The Hall–Kier alpha value is -0.870. The van der Waals surface area contributed by atoms with Gasteiger partial charge < -0.3 is 4.98 Å². The summed E-state index contributed by atoms with van der Waals surface area (Å²) in [6.07, 6.45) is 7.53. The first-order valence-corrected chi connectivity index (χ1v) is 5.76. The third-order valence-corrected chi connectivity index (χ3v) is 3.20. The lowest BCUT2D eigenvalue weighted by atomic mass is 10.00. The first-order chi connectivity index (χ1) is 7.27. The summed E-state index contributed by atoms with van der Waals surface area (Å²) in [6, 6.07) is 1.27. The first-order valence-electron chi connectivity index (χ1n) is 5.76. The average molecular weight is 208 g/mol. The number of piperidine rings is 1. The van der Waals surface area contributed by atoms with Crippen molar-refractivity contribution in [2.24, 2.45) is 0 Å². The Morgan fingerprint density at radius 2 is 2.20 bits per heavy atom. The zero-order valence-corrected chi connectivity index (χ0v) is 9.53. The quantitative estimate of drug-likeness (QED) is 0.794. The molecule has 2 unspecified atom stereocenters. The van der Waals surface area contributed by atoms with Crippen molar-refractivity contribution in [1.82, 2.24) is 20.4 Å². The Bertz CT molecular complexity index is 273. The molecule has 0 radical (unpaired) electrons. The van der Waals surface area contributed by atoms with Gasteiger partial charge in [-0.3, -0.25) is 0 Å². The number of hydrogen-bond acceptors (Lipinski definition) is 3. The van der Waals surface area contributed by atoms with Crippen LogP contribution in [0.15, 0.2) is 12.5 Å². The summed E-state index contributed by atoms with van der Waals surface area (Å²) in [5, 5.41) is 2.38. The lowest BCUT2D eigenvalue weighted by Crippen LogP contribution is -2.51. The molecule has 4 heteroatoms. The maximum Gasteiger partial charge on any atom is 0.0922 e. The van der Waals surface area contributed by atoms with E-state index < -0.39 is 0 Å². The summed E-state index contributed by atoms with van der Waals surface area (Å²) in [7, 11) is 0. The second kappa shape index (κ2) is 4.77. The summed E-state index contributed by atoms with van der Waals surface area (Å²) in [5.74, 6) is 0. The molecule has 4 nitrogen and oxygen atoms in total. The fourth-order valence-electron chi connectivity index (χ4n) is 2.29. The van der Waals surface area contributed by atoms with E-state index in [0.29, 0.717) is 12.1 Å². The van der Waals surface area contributed by atoms with Crippen molar-refractivity contribution in [3.05, 3.63) is 18.2 Å². The molecule has 0 saturated carbocycles. The van der Waals surface area contributed by atoms with E-state index in [1.54, 1.807) is 6.33 Å². The molecule has 0 spiro atoms. The second-order valence-electron chi connectivity index (χ2n) is 4.45. The lowest BCUT2D eigenvalue weighted by Gasteiger charge is -2.39. The van der Waals surface area contributed by atoms with E-state index in [1.807, 2.05) is 6.20 Å². The van der Waals surface area contributed by atoms with E-state index in [2.05, 4.69) is 34.3 Å². The number of aromatic amines is 1. The number of hydrogen-bond donors (Lipinski definition) is 2. The number of imidazole rings is 1. The molecule has 1 saturated heterocycles. The van der Waals surface area contributed by atoms with Crippen molar-refractivity contribution < 1.29 is 0 Å². The molecule has 0 aromatic carbocycles. The normalized spacial score (nSPS) is 28.1. The molecule has 0 amide bonds. The molecule has 15 heavy (non-hydrogen) atoms. The predicted octanol–water partition coefficient (Wildman–Crippen LogP) is 1.68. The topological polar surface area (TPSA) is 44.0 Å². The van der Waals surface area contributed by atoms with E-state index in [4.69, 9.17) is 0 Å². The van der Waals surface area contributed by atoms with Crippen molar-refractivity contribution in [3.8, 4) is 0 Å². The van der Waals surface area contributed by atoms with Gasteiger partial charge in [-0.2, -0.15) is 0 Å². The molecular weight excluding hydrogens is 188 g/mol. The van der Waals surface area contributed by atoms with Crippen LogP contribution in [0.4, 0.5) is 0 Å². The summed E-state index contributed by atoms with van der Waals surface area (Å²) < 4.78 is 0. The molecule has 1 aromatic heterocycles. The molecule has 1 aliphatic heterocycles. The number of nitrogens with zero attached hydrogens (tertiary/aromatic N) is 2. The van der Waals surface area contributed by atoms with E-state index in [9.17, 15) is 0 Å². The van der Waals surface area contributed by atoms with Crippen LogP contribution in [-0.2, 0) is 6.54 Å². The Morgan fingerprint density at radius 1 is 1.47 bits per heavy atom. The molecule has 1 aliphatic rings. The van der Waals surface area contributed by atoms with Crippen molar-refractivity contribution in [3.63, 3.8) is 0 Å². The minimum absolute atomic E-state index is 0.636. The first kappa shape index (κ1) is 10.6. The van der Waals surface area contributed by atoms with Gasteiger partial charge in [-0.15, -0.1) is 0 Å². The van der Waals surface area contributed by atoms with Gasteiger partial charge in [0.15, 0.2) is 0 Å². The van der Waals surface area contributed by atoms with Crippen LogP contribution in [0.2, 0.25) is 0 Å². The number of nitrogens with one attached hydrogen (secondary N) is 2. The van der Waals surface area contributed by atoms with Gasteiger partial charge in [-0.25, -0.2) is 15.4 Å². The van der Waals surface area contributed by atoms with Crippen LogP contribution >= 0.6 is 0 Å². The molecule has 2 atom stereocenters. The van der Waals surface area contributed by atoms with Crippen LogP contribution in [0.25, 0.3) is 0 Å². The Kier molecular flexibility index (Phi) is 3.38. The summed E-state index contributed by atoms with van der Waals surface area (Å²) in [6.45, 7) is 5.42. The number of H-pyrrole nitrogens is 1. The smallest absolute Gasteiger partial charge is 0.0922 e. The minimum atomic E-state index is 0.636. The van der Waals surface area contributed by atoms with E-state index >= 15 is 0 Å². The van der Waals surface area contributed by atoms with Crippen LogP contribution in [-0.4, -0.2) is 27.1 Å². The zero-order chi connectivity index (χ0) is 10.7. The Balaban J connectivity index is 1.86. The molecule has 1 aromatic rings. The van der Waals surface area contributed by atoms with Gasteiger partial charge in [0, 0.05) is 24.0 Å². The standard InChI is InChI=1S/C11H20N4/c1-9-4-3-5-10(2)15(9)14-7-11-6-12-8-13-11/h6,8-10,14H,3-5,7H2,1-2H3,(H,12,13). The minimum Gasteiger partial charge on any atom is -0.347 e. The molecule has 0 bridgehead atoms. The molecule has 2 N–H and O–H groups in total. The fourth-order valence-corrected chi connectivity index (χ4v) is 2.29. The van der Waals surface area contributed by atoms with Crippen molar-refractivity contribution in [1.29, 1.82) is 0 Å². The zero-order valence-electron chi connectivity index (χ0n) is 9.53. The highest BCUT2D eigenvalue weighted by atomic mass is 15.5. The highest BCUT2D eigenvalue weighted by Crippen LogP contribution is 2.20. The van der Waals surface area contributed by atoms with Gasteiger partial charge >= 0.3 is 0 Å². The number of hydrazine groups is 1. The second-order valence-corrected chi connectivity index (χ2v) is 4.45. The SMILES string of the molecule is CC1CCCC(C)N1NCc1cnc[nH]1. The summed E-state index contributed by atoms with van der Waals surface area (Å²) in [5.41, 5.74) is 4.62. The maximum atomic E-state index is 4.01. The summed E-state index contributed by atoms with van der Waals surface area (Å²) >= 11 is 0. The van der Waals surface area contributed by atoms with Crippen LogP contribution in [0, 0.1) is 0 Å². The Labute approximate surface area is 91.1 Å². The van der Waals surface area contributed by atoms with Gasteiger partial charge in [0.1, 0.15) is 0 Å². The van der Waals surface area contributed by atoms with Gasteiger partial charge in [0.25, 0.3) is 0 Å². The van der Waals surface area contributed by atoms with Gasteiger partial charge in [0.05, 0.1) is 12.9 Å². The number of aromatic nitrogens is 2. The van der Waals surface area contributed by atoms with E-state index in [0.717, 1.165) is 12.2 Å². The molecule has 0 aliphatic carbocycles. The van der Waals surface area contributed by atoms with E-state index in [-0.39, 0.29) is 0 Å². The predicted molar refractivity (Wildman–Crippen MR) is 60.0 cm³/mol. The van der Waals surface area contributed by atoms with Gasteiger partial charge in [-0.1, -0.05) is 6.42 Å². The maximum absolute atomic E-state index is 4.01. The van der Waals surface area contributed by atoms with Crippen molar-refractivity contribution >= 4 is 0 Å². The third-order valence-electron chi connectivity index (χ3n) is 3.20. The largest absolute Gasteiger partial charge is 0.347 e. The fraction of sp³-hybridized carbons (Fsp3) is 0.727. The highest BCUT2D eigenvalue weighted by Gasteiger charge is 2.23. The molecule has 84 valence electrons. The lowest BCUT2D eigenvalue weighted by molar-refractivity contribution is 0.0431. The molecule has 2 rings (SSSR count). The highest BCUT2D eigenvalue weighted by molar-refractivity contribution is 4.93. The van der Waals surface area contributed by atoms with Gasteiger partial charge in [-0.05, 0) is 26.7 Å². The Morgan fingerprint density at radius 3 is 2.80 bits per heavy atom. The van der Waals surface area contributed by atoms with E-state index in [1.165, 1.54) is 19.3 Å².